The predicted molar refractivity (Wildman–Crippen MR) is 226 cm³/mol. The van der Waals surface area contributed by atoms with Crippen molar-refractivity contribution in [2.45, 2.75) is 32.7 Å². The molecule has 5 aromatic carbocycles. The van der Waals surface area contributed by atoms with Gasteiger partial charge in [-0.3, -0.25) is 0 Å². The van der Waals surface area contributed by atoms with Gasteiger partial charge in [-0.15, -0.1) is 42.0 Å². The van der Waals surface area contributed by atoms with Gasteiger partial charge in [0.1, 0.15) is 6.72 Å². The second-order valence-electron chi connectivity index (χ2n) is 12.5. The first-order chi connectivity index (χ1) is 25.4. The molecule has 1 atom stereocenters. The molecule has 0 aliphatic heterocycles. The van der Waals surface area contributed by atoms with Gasteiger partial charge >= 0.3 is 25.8 Å². The minimum Gasteiger partial charge on any atom is -0.669 e. The van der Waals surface area contributed by atoms with E-state index in [1.807, 2.05) is 0 Å². The molecule has 270 valence electrons. The van der Waals surface area contributed by atoms with Crippen molar-refractivity contribution in [1.29, 1.82) is 0 Å². The molecule has 7 rings (SSSR count). The summed E-state index contributed by atoms with van der Waals surface area (Å²) in [6.45, 7) is 9.14. The molecule has 0 amide bonds. The Labute approximate surface area is 336 Å². The summed E-state index contributed by atoms with van der Waals surface area (Å²) in [6, 6.07) is 41.2. The van der Waals surface area contributed by atoms with Gasteiger partial charge in [0.15, 0.2) is 11.0 Å². The van der Waals surface area contributed by atoms with Crippen molar-refractivity contribution in [2.75, 3.05) is 42.3 Å². The maximum atomic E-state index is 5.74. The average Bonchev–Trinajstić information content (AvgIpc) is 3.17. The van der Waals surface area contributed by atoms with Crippen molar-refractivity contribution >= 4 is 32.8 Å². The summed E-state index contributed by atoms with van der Waals surface area (Å²) in [5.41, 5.74) is 9.52. The van der Waals surface area contributed by atoms with Crippen LogP contribution in [0.5, 0.6) is 0 Å². The third-order valence-electron chi connectivity index (χ3n) is 8.78. The van der Waals surface area contributed by atoms with Crippen LogP contribution in [0.1, 0.15) is 53.4 Å². The molecule has 1 heterocycles. The molecule has 1 aliphatic rings. The number of para-hydroxylation sites is 1. The van der Waals surface area contributed by atoms with Crippen LogP contribution in [-0.4, -0.2) is 42.3 Å². The van der Waals surface area contributed by atoms with Gasteiger partial charge < -0.3 is 21.3 Å². The average molecular weight is 866 g/mol. The zero-order chi connectivity index (χ0) is 37.5. The zero-order valence-electron chi connectivity index (χ0n) is 32.6. The molecule has 6 aromatic rings. The molecule has 5 nitrogen and oxygen atoms in total. The Bertz CT molecular complexity index is 2130. The van der Waals surface area contributed by atoms with E-state index in [9.17, 15) is 0 Å². The van der Waals surface area contributed by atoms with Crippen molar-refractivity contribution in [1.82, 2.24) is 0 Å². The van der Waals surface area contributed by atoms with Crippen molar-refractivity contribution in [3.8, 4) is 0 Å². The largest absolute Gasteiger partial charge is 4.00 e. The van der Waals surface area contributed by atoms with Gasteiger partial charge in [-0.05, 0) is 63.7 Å². The minimum atomic E-state index is -0.276. The summed E-state index contributed by atoms with van der Waals surface area (Å²) >= 11 is 0. The molecule has 0 spiro atoms. The van der Waals surface area contributed by atoms with Crippen LogP contribution < -0.4 is 9.59 Å². The Morgan fingerprint density at radius 1 is 0.642 bits per heavy atom. The molecule has 1 aliphatic carbocycles. The van der Waals surface area contributed by atoms with E-state index in [2.05, 4.69) is 168 Å². The van der Waals surface area contributed by atoms with Crippen LogP contribution in [0.3, 0.4) is 0 Å². The monoisotopic (exact) mass is 867 g/mol. The second kappa shape index (κ2) is 22.0. The Morgan fingerprint density at radius 3 is 1.72 bits per heavy atom. The summed E-state index contributed by atoms with van der Waals surface area (Å²) in [5, 5.41) is 22.2. The van der Waals surface area contributed by atoms with Crippen molar-refractivity contribution < 1.29 is 30.1 Å². The number of aromatic nitrogens is 1. The minimum absolute atomic E-state index is 0. The van der Waals surface area contributed by atoms with Gasteiger partial charge in [0, 0.05) is 12.1 Å². The van der Waals surface area contributed by atoms with Gasteiger partial charge in [0.05, 0.1) is 0 Å². The van der Waals surface area contributed by atoms with E-state index in [0.29, 0.717) is 0 Å². The summed E-state index contributed by atoms with van der Waals surface area (Å²) in [6.07, 6.45) is 8.36. The molecule has 0 saturated heterocycles. The number of hydrogen-bond acceptors (Lipinski definition) is 0. The Hall–Kier alpha value is -4.33. The number of aryl methyl sites for hydroxylation is 2. The smallest absolute Gasteiger partial charge is 0.669 e. The van der Waals surface area contributed by atoms with E-state index < -0.39 is 0 Å². The van der Waals surface area contributed by atoms with Crippen molar-refractivity contribution in [2.24, 2.45) is 0 Å². The number of benzene rings is 5. The molecule has 1 aromatic heterocycles. The number of fused-ring (bicyclic) bond motifs is 3. The van der Waals surface area contributed by atoms with Crippen molar-refractivity contribution in [3.63, 3.8) is 0 Å². The van der Waals surface area contributed by atoms with Crippen LogP contribution in [0.2, 0.25) is 0 Å². The standard InChI is InChI=1S/C41H35N2.3C2H6N.Hf/c1-4-28-18-12-19-29(5-2)40(28)42-41(39-34-22-10-7-16-31(34)27-32-17-8-11-23-35(32)39)38-26-14-25-37(43(38)3)36-24-13-20-30-15-6-9-21-33(30)36;3*1-3-2;/h6-27,41H,3-5H2,1-2H3;3*1-2H3;/q4*-1;+4/b37-36+;;;;. The van der Waals surface area contributed by atoms with Crippen LogP contribution >= 0.6 is 0 Å². The summed E-state index contributed by atoms with van der Waals surface area (Å²) in [4.78, 5) is 0. The number of hydrogen-bond donors (Lipinski definition) is 0. The molecule has 0 bridgehead atoms. The maximum Gasteiger partial charge on any atom is 4.00 e. The van der Waals surface area contributed by atoms with Gasteiger partial charge in [0.2, 0.25) is 0 Å². The van der Waals surface area contributed by atoms with Crippen LogP contribution in [0.25, 0.3) is 48.4 Å². The SMILES string of the molecule is C=[n+]1c(C([N-]c2c(CC)cccc2CC)c2c3ccccc3cc3ccccc23)ccc/c1=C1/C=C[CH-]c2ccccc21.C[N-]C.C[N-]C.C[N-]C.[Hf+4]. The van der Waals surface area contributed by atoms with Gasteiger partial charge in [-0.25, -0.2) is 0 Å². The Morgan fingerprint density at radius 2 is 1.15 bits per heavy atom. The van der Waals surface area contributed by atoms with E-state index in [4.69, 9.17) is 12.0 Å². The van der Waals surface area contributed by atoms with Crippen molar-refractivity contribution in [3.05, 3.63) is 201 Å². The third kappa shape index (κ3) is 10.2. The van der Waals surface area contributed by atoms with E-state index >= 15 is 0 Å². The second-order valence-corrected chi connectivity index (χ2v) is 12.5. The summed E-state index contributed by atoms with van der Waals surface area (Å²) in [5.74, 6) is 0. The molecule has 1 unspecified atom stereocenters. The number of rotatable bonds is 6. The first-order valence-corrected chi connectivity index (χ1v) is 17.9. The predicted octanol–water partition coefficient (Wildman–Crippen LogP) is 11.0. The number of pyridine rings is 1. The first kappa shape index (κ1) is 43.1. The molecule has 6 heteroatoms. The van der Waals surface area contributed by atoms with E-state index in [-0.39, 0.29) is 31.9 Å². The van der Waals surface area contributed by atoms with Crippen LogP contribution in [0.4, 0.5) is 5.69 Å². The fourth-order valence-electron chi connectivity index (χ4n) is 6.61. The molecular weight excluding hydrogens is 813 g/mol. The quantitative estimate of drug-likeness (QED) is 0.0693. The first-order valence-electron chi connectivity index (χ1n) is 17.9. The Kier molecular flexibility index (Phi) is 17.9. The van der Waals surface area contributed by atoms with Gasteiger partial charge in [0.25, 0.3) is 0 Å². The number of nitrogens with zero attached hydrogens (tertiary/aromatic N) is 5. The van der Waals surface area contributed by atoms with E-state index in [1.165, 1.54) is 54.9 Å². The molecule has 0 radical (unpaired) electrons. The van der Waals surface area contributed by atoms with Crippen LogP contribution in [0, 0.1) is 13.1 Å². The third-order valence-corrected chi connectivity index (χ3v) is 8.78. The van der Waals surface area contributed by atoms with Crippen LogP contribution in [-0.2, 0) is 38.7 Å². The maximum absolute atomic E-state index is 5.74. The van der Waals surface area contributed by atoms with E-state index in [1.54, 1.807) is 42.3 Å². The number of allylic oxidation sites excluding steroid dienone is 2. The summed E-state index contributed by atoms with van der Waals surface area (Å²) < 4.78 is 2.12. The van der Waals surface area contributed by atoms with Gasteiger partial charge in [-0.2, -0.15) is 46.5 Å². The fourth-order valence-corrected chi connectivity index (χ4v) is 6.61. The van der Waals surface area contributed by atoms with Crippen LogP contribution in [0.15, 0.2) is 127 Å². The Balaban J connectivity index is 0.000000690. The molecular formula is C47H53HfN5. The van der Waals surface area contributed by atoms with E-state index in [0.717, 1.165) is 29.6 Å². The normalized spacial score (nSPS) is 12.7. The fraction of sp³-hybridized carbons (Fsp3) is 0.234. The van der Waals surface area contributed by atoms with Gasteiger partial charge in [-0.1, -0.05) is 109 Å². The molecule has 0 saturated carbocycles. The summed E-state index contributed by atoms with van der Waals surface area (Å²) in [7, 11) is 10.5. The molecule has 0 N–H and O–H groups in total. The molecule has 53 heavy (non-hydrogen) atoms. The zero-order valence-corrected chi connectivity index (χ0v) is 36.2. The topological polar surface area (TPSA) is 62.3 Å². The molecule has 0 fully saturated rings.